The Hall–Kier alpha value is -4.66. The van der Waals surface area contributed by atoms with E-state index in [9.17, 15) is 9.18 Å². The maximum atomic E-state index is 13.6. The van der Waals surface area contributed by atoms with Crippen molar-refractivity contribution in [2.75, 3.05) is 6.79 Å². The summed E-state index contributed by atoms with van der Waals surface area (Å²) in [5.41, 5.74) is 3.67. The molecule has 3 heterocycles. The molecular formula is C27H21FN4O4. The number of rotatable bonds is 5. The van der Waals surface area contributed by atoms with Gasteiger partial charge in [-0.3, -0.25) is 4.90 Å². The second-order valence-corrected chi connectivity index (χ2v) is 8.50. The Labute approximate surface area is 206 Å². The molecule has 2 amide bonds. The van der Waals surface area contributed by atoms with Gasteiger partial charge in [0.15, 0.2) is 11.5 Å². The van der Waals surface area contributed by atoms with Crippen LogP contribution in [-0.4, -0.2) is 27.9 Å². The minimum absolute atomic E-state index is 0.165. The van der Waals surface area contributed by atoms with Crippen LogP contribution in [0, 0.1) is 5.82 Å². The molecule has 36 heavy (non-hydrogen) atoms. The van der Waals surface area contributed by atoms with Gasteiger partial charge >= 0.3 is 6.03 Å². The van der Waals surface area contributed by atoms with Gasteiger partial charge in [-0.05, 0) is 48.4 Å². The average molecular weight is 484 g/mol. The fourth-order valence-electron chi connectivity index (χ4n) is 4.41. The highest BCUT2D eigenvalue weighted by molar-refractivity contribution is 5.87. The molecule has 1 atom stereocenters. The van der Waals surface area contributed by atoms with Gasteiger partial charge in [-0.25, -0.2) is 9.18 Å². The third-order valence-electron chi connectivity index (χ3n) is 6.27. The molecule has 0 saturated heterocycles. The number of carbonyl (C=O) groups is 1. The molecule has 2 aliphatic heterocycles. The van der Waals surface area contributed by atoms with Gasteiger partial charge in [-0.15, -0.1) is 0 Å². The Kier molecular flexibility index (Phi) is 5.37. The lowest BCUT2D eigenvalue weighted by Crippen LogP contribution is -2.45. The number of hydrogen-bond donors (Lipinski definition) is 1. The highest BCUT2D eigenvalue weighted by Gasteiger charge is 2.36. The number of aromatic nitrogens is 2. The Bertz CT molecular complexity index is 1470. The number of fused-ring (bicyclic) bond motifs is 1. The topological polar surface area (TPSA) is 89.7 Å². The molecule has 3 aromatic carbocycles. The number of amides is 2. The van der Waals surface area contributed by atoms with Gasteiger partial charge < -0.3 is 19.3 Å². The third kappa shape index (κ3) is 3.94. The van der Waals surface area contributed by atoms with Crippen molar-refractivity contribution in [2.45, 2.75) is 19.5 Å². The lowest BCUT2D eigenvalue weighted by atomic mass is 9.94. The van der Waals surface area contributed by atoms with Crippen molar-refractivity contribution < 1.29 is 23.2 Å². The van der Waals surface area contributed by atoms with Gasteiger partial charge in [0.05, 0.1) is 18.2 Å². The monoisotopic (exact) mass is 484 g/mol. The molecule has 0 aliphatic carbocycles. The standard InChI is InChI=1S/C27H21FN4O4/c1-16-23(26-30-25(31-36-26)19-9-12-21-22(13-19)35-15-34-21)24(18-7-10-20(28)11-8-18)29-27(33)32(16)14-17-5-3-2-4-6-17/h2-13,24H,14-15H2,1H3,(H,29,33). The van der Waals surface area contributed by atoms with Crippen LogP contribution in [0.15, 0.2) is 83.0 Å². The van der Waals surface area contributed by atoms with Crippen LogP contribution < -0.4 is 14.8 Å². The lowest BCUT2D eigenvalue weighted by Gasteiger charge is -2.35. The molecule has 8 nitrogen and oxygen atoms in total. The number of allylic oxidation sites excluding steroid dienone is 1. The maximum Gasteiger partial charge on any atom is 0.322 e. The minimum Gasteiger partial charge on any atom is -0.454 e. The van der Waals surface area contributed by atoms with Crippen molar-refractivity contribution in [3.8, 4) is 22.9 Å². The summed E-state index contributed by atoms with van der Waals surface area (Å²) in [7, 11) is 0. The van der Waals surface area contributed by atoms with Crippen molar-refractivity contribution >= 4 is 11.6 Å². The number of ether oxygens (including phenoxy) is 2. The lowest BCUT2D eigenvalue weighted by molar-refractivity contribution is 0.174. The highest BCUT2D eigenvalue weighted by atomic mass is 19.1. The molecule has 0 radical (unpaired) electrons. The normalized spacial score (nSPS) is 16.9. The first-order valence-electron chi connectivity index (χ1n) is 11.4. The van der Waals surface area contributed by atoms with Crippen molar-refractivity contribution in [2.24, 2.45) is 0 Å². The molecule has 180 valence electrons. The molecule has 0 fully saturated rings. The molecule has 0 bridgehead atoms. The fraction of sp³-hybridized carbons (Fsp3) is 0.148. The van der Waals surface area contributed by atoms with E-state index in [1.165, 1.54) is 12.1 Å². The third-order valence-corrected chi connectivity index (χ3v) is 6.27. The number of carbonyl (C=O) groups excluding carboxylic acids is 1. The van der Waals surface area contributed by atoms with Crippen LogP contribution in [-0.2, 0) is 6.54 Å². The zero-order chi connectivity index (χ0) is 24.6. The summed E-state index contributed by atoms with van der Waals surface area (Å²) in [6.07, 6.45) is 0. The van der Waals surface area contributed by atoms with E-state index in [1.54, 1.807) is 29.2 Å². The van der Waals surface area contributed by atoms with Gasteiger partial charge in [0.1, 0.15) is 5.82 Å². The SMILES string of the molecule is CC1=C(c2nc(-c3ccc4c(c3)OCO4)no2)C(c2ccc(F)cc2)NC(=O)N1Cc1ccccc1. The van der Waals surface area contributed by atoms with Gasteiger partial charge in [0.2, 0.25) is 12.6 Å². The number of halogens is 1. The maximum absolute atomic E-state index is 13.6. The highest BCUT2D eigenvalue weighted by Crippen LogP contribution is 2.39. The van der Waals surface area contributed by atoms with Crippen LogP contribution in [0.2, 0.25) is 0 Å². The van der Waals surface area contributed by atoms with Crippen molar-refractivity contribution in [1.82, 2.24) is 20.4 Å². The van der Waals surface area contributed by atoms with E-state index in [0.29, 0.717) is 46.3 Å². The average Bonchev–Trinajstić information content (AvgIpc) is 3.57. The number of urea groups is 1. The van der Waals surface area contributed by atoms with E-state index in [2.05, 4.69) is 15.5 Å². The Balaban J connectivity index is 1.42. The summed E-state index contributed by atoms with van der Waals surface area (Å²) in [6.45, 7) is 2.37. The van der Waals surface area contributed by atoms with Crippen molar-refractivity contribution in [1.29, 1.82) is 0 Å². The largest absolute Gasteiger partial charge is 0.454 e. The Morgan fingerprint density at radius 3 is 2.61 bits per heavy atom. The van der Waals surface area contributed by atoms with Gasteiger partial charge in [-0.1, -0.05) is 47.6 Å². The molecule has 1 N–H and O–H groups in total. The molecule has 1 aromatic heterocycles. The predicted molar refractivity (Wildman–Crippen MR) is 128 cm³/mol. The van der Waals surface area contributed by atoms with Crippen LogP contribution >= 0.6 is 0 Å². The van der Waals surface area contributed by atoms with E-state index in [1.807, 2.05) is 43.3 Å². The zero-order valence-electron chi connectivity index (χ0n) is 19.3. The summed E-state index contributed by atoms with van der Waals surface area (Å²) in [5, 5.41) is 7.21. The predicted octanol–water partition coefficient (Wildman–Crippen LogP) is 5.30. The summed E-state index contributed by atoms with van der Waals surface area (Å²) in [6, 6.07) is 20.2. The van der Waals surface area contributed by atoms with E-state index in [4.69, 9.17) is 14.0 Å². The van der Waals surface area contributed by atoms with Crippen LogP contribution in [0.3, 0.4) is 0 Å². The first-order chi connectivity index (χ1) is 17.6. The van der Waals surface area contributed by atoms with Gasteiger partial charge in [0, 0.05) is 11.3 Å². The van der Waals surface area contributed by atoms with Crippen molar-refractivity contribution in [3.63, 3.8) is 0 Å². The molecular weight excluding hydrogens is 463 g/mol. The zero-order valence-corrected chi connectivity index (χ0v) is 19.3. The number of hydrogen-bond acceptors (Lipinski definition) is 6. The summed E-state index contributed by atoms with van der Waals surface area (Å²) < 4.78 is 30.2. The smallest absolute Gasteiger partial charge is 0.322 e. The first-order valence-corrected chi connectivity index (χ1v) is 11.4. The second kappa shape index (κ2) is 8.84. The molecule has 2 aliphatic rings. The molecule has 4 aromatic rings. The molecule has 1 unspecified atom stereocenters. The summed E-state index contributed by atoms with van der Waals surface area (Å²) in [5.74, 6) is 1.53. The van der Waals surface area contributed by atoms with Gasteiger partial charge in [0.25, 0.3) is 5.89 Å². The van der Waals surface area contributed by atoms with E-state index < -0.39 is 6.04 Å². The number of benzene rings is 3. The van der Waals surface area contributed by atoms with Gasteiger partial charge in [-0.2, -0.15) is 4.98 Å². The Morgan fingerprint density at radius 1 is 1.03 bits per heavy atom. The fourth-order valence-corrected chi connectivity index (χ4v) is 4.41. The van der Waals surface area contributed by atoms with E-state index >= 15 is 0 Å². The number of nitrogens with zero attached hydrogens (tertiary/aromatic N) is 3. The van der Waals surface area contributed by atoms with Crippen LogP contribution in [0.1, 0.15) is 30.0 Å². The van der Waals surface area contributed by atoms with E-state index in [0.717, 1.165) is 5.56 Å². The quantitative estimate of drug-likeness (QED) is 0.413. The molecule has 0 saturated carbocycles. The summed E-state index contributed by atoms with van der Waals surface area (Å²) in [4.78, 5) is 19.5. The molecule has 6 rings (SSSR count). The minimum atomic E-state index is -0.602. The first kappa shape index (κ1) is 21.8. The second-order valence-electron chi connectivity index (χ2n) is 8.50. The Morgan fingerprint density at radius 2 is 1.81 bits per heavy atom. The van der Waals surface area contributed by atoms with Crippen LogP contribution in [0.25, 0.3) is 17.0 Å². The number of nitrogens with one attached hydrogen (secondary N) is 1. The molecule has 9 heteroatoms. The van der Waals surface area contributed by atoms with Crippen LogP contribution in [0.4, 0.5) is 9.18 Å². The molecule has 0 spiro atoms. The van der Waals surface area contributed by atoms with Crippen molar-refractivity contribution in [3.05, 3.63) is 101 Å². The van der Waals surface area contributed by atoms with Crippen LogP contribution in [0.5, 0.6) is 11.5 Å². The summed E-state index contributed by atoms with van der Waals surface area (Å²) >= 11 is 0. The van der Waals surface area contributed by atoms with E-state index in [-0.39, 0.29) is 24.5 Å².